The van der Waals surface area contributed by atoms with Crippen molar-refractivity contribution in [1.29, 1.82) is 0 Å². The largest absolute Gasteiger partial charge is 0.337 e. The fourth-order valence-corrected chi connectivity index (χ4v) is 5.62. The number of likely N-dealkylation sites (tertiary alicyclic amines) is 1. The van der Waals surface area contributed by atoms with E-state index in [-0.39, 0.29) is 23.7 Å². The van der Waals surface area contributed by atoms with Gasteiger partial charge in [-0.25, -0.2) is 0 Å². The van der Waals surface area contributed by atoms with E-state index in [4.69, 9.17) is 5.73 Å². The molecule has 1 aromatic carbocycles. The minimum Gasteiger partial charge on any atom is -0.337 e. The van der Waals surface area contributed by atoms with Gasteiger partial charge in [-0.15, -0.1) is 35.1 Å². The van der Waals surface area contributed by atoms with Crippen LogP contribution in [0.5, 0.6) is 0 Å². The first-order chi connectivity index (χ1) is 10.6. The second-order valence-electron chi connectivity index (χ2n) is 6.39. The third-order valence-electron chi connectivity index (χ3n) is 4.60. The molecule has 1 fully saturated rings. The van der Waals surface area contributed by atoms with Gasteiger partial charge in [-0.1, -0.05) is 25.1 Å². The van der Waals surface area contributed by atoms with E-state index in [2.05, 4.69) is 37.3 Å². The lowest BCUT2D eigenvalue weighted by Gasteiger charge is -2.22. The van der Waals surface area contributed by atoms with Crippen molar-refractivity contribution in [3.63, 3.8) is 0 Å². The normalized spacial score (nSPS) is 21.0. The summed E-state index contributed by atoms with van der Waals surface area (Å²) in [5.41, 5.74) is 5.92. The Kier molecular flexibility index (Phi) is 4.40. The number of benzene rings is 1. The van der Waals surface area contributed by atoms with E-state index in [9.17, 15) is 4.79 Å². The predicted molar refractivity (Wildman–Crippen MR) is 102 cm³/mol. The van der Waals surface area contributed by atoms with Gasteiger partial charge in [-0.2, -0.15) is 0 Å². The van der Waals surface area contributed by atoms with Gasteiger partial charge in [-0.05, 0) is 30.5 Å². The van der Waals surface area contributed by atoms with E-state index in [1.165, 1.54) is 19.5 Å². The number of hydrogen-bond donors (Lipinski definition) is 1. The third kappa shape index (κ3) is 2.76. The summed E-state index contributed by atoms with van der Waals surface area (Å²) in [6.45, 7) is 4.40. The number of rotatable bonds is 2. The minimum atomic E-state index is 0. The molecule has 1 saturated heterocycles. The molecule has 3 aromatic rings. The summed E-state index contributed by atoms with van der Waals surface area (Å²) in [6, 6.07) is 10.5. The Balaban J connectivity index is 0.00000156. The van der Waals surface area contributed by atoms with E-state index >= 15 is 0 Å². The summed E-state index contributed by atoms with van der Waals surface area (Å²) in [7, 11) is 0. The van der Waals surface area contributed by atoms with Gasteiger partial charge in [0.2, 0.25) is 0 Å². The molecule has 1 amide bonds. The minimum absolute atomic E-state index is 0. The quantitative estimate of drug-likeness (QED) is 0.732. The summed E-state index contributed by atoms with van der Waals surface area (Å²) in [6.07, 6.45) is 0.998. The zero-order chi connectivity index (χ0) is 15.3. The maximum absolute atomic E-state index is 12.8. The van der Waals surface area contributed by atoms with Gasteiger partial charge in [0.15, 0.2) is 0 Å². The van der Waals surface area contributed by atoms with Gasteiger partial charge in [0, 0.05) is 27.9 Å². The van der Waals surface area contributed by atoms with E-state index in [1.54, 1.807) is 22.7 Å². The maximum atomic E-state index is 12.8. The van der Waals surface area contributed by atoms with Crippen molar-refractivity contribution in [3.05, 3.63) is 35.2 Å². The lowest BCUT2D eigenvalue weighted by molar-refractivity contribution is 0.0782. The van der Waals surface area contributed by atoms with Crippen LogP contribution in [0.1, 0.15) is 23.0 Å². The van der Waals surface area contributed by atoms with E-state index in [0.717, 1.165) is 24.4 Å². The molecule has 0 spiro atoms. The molecule has 23 heavy (non-hydrogen) atoms. The Morgan fingerprint density at radius 2 is 2.09 bits per heavy atom. The summed E-state index contributed by atoms with van der Waals surface area (Å²) in [4.78, 5) is 15.6. The second-order valence-corrected chi connectivity index (χ2v) is 8.53. The van der Waals surface area contributed by atoms with Crippen LogP contribution in [0.25, 0.3) is 19.5 Å². The average Bonchev–Trinajstić information content (AvgIpc) is 3.19. The first kappa shape index (κ1) is 16.7. The van der Waals surface area contributed by atoms with Crippen LogP contribution in [-0.2, 0) is 0 Å². The predicted octanol–water partition coefficient (Wildman–Crippen LogP) is 4.35. The molecular weight excluding hydrogens is 348 g/mol. The fraction of sp³-hybridized carbons (Fsp3) is 0.353. The molecule has 1 unspecified atom stereocenters. The molecule has 122 valence electrons. The van der Waals surface area contributed by atoms with Crippen LogP contribution >= 0.6 is 35.1 Å². The number of nitrogens with zero attached hydrogens (tertiary/aromatic N) is 1. The molecule has 2 N–H and O–H groups in total. The molecule has 1 atom stereocenters. The average molecular weight is 367 g/mol. The van der Waals surface area contributed by atoms with Gasteiger partial charge in [0.05, 0.1) is 9.58 Å². The summed E-state index contributed by atoms with van der Waals surface area (Å²) in [5.74, 6) is 0.162. The van der Waals surface area contributed by atoms with Crippen LogP contribution in [0.4, 0.5) is 0 Å². The first-order valence-corrected chi connectivity index (χ1v) is 9.13. The molecule has 3 nitrogen and oxygen atoms in total. The number of amides is 1. The summed E-state index contributed by atoms with van der Waals surface area (Å²) >= 11 is 3.39. The van der Waals surface area contributed by atoms with Crippen molar-refractivity contribution < 1.29 is 4.79 Å². The molecule has 0 bridgehead atoms. The molecular formula is C17H19ClN2OS2. The number of hydrogen-bond acceptors (Lipinski definition) is 4. The first-order valence-electron chi connectivity index (χ1n) is 7.50. The topological polar surface area (TPSA) is 46.3 Å². The van der Waals surface area contributed by atoms with Crippen LogP contribution in [-0.4, -0.2) is 30.4 Å². The van der Waals surface area contributed by atoms with Gasteiger partial charge < -0.3 is 10.6 Å². The molecule has 0 saturated carbocycles. The maximum Gasteiger partial charge on any atom is 0.264 e. The molecule has 0 aliphatic carbocycles. The van der Waals surface area contributed by atoms with E-state index < -0.39 is 0 Å². The number of carbonyl (C=O) groups excluding carboxylic acids is 1. The number of fused-ring (bicyclic) bond motifs is 3. The smallest absolute Gasteiger partial charge is 0.264 e. The Morgan fingerprint density at radius 1 is 1.30 bits per heavy atom. The molecule has 4 rings (SSSR count). The Morgan fingerprint density at radius 3 is 2.83 bits per heavy atom. The Hall–Kier alpha value is -1.14. The third-order valence-corrected chi connectivity index (χ3v) is 7.00. The van der Waals surface area contributed by atoms with Crippen LogP contribution in [0.3, 0.4) is 0 Å². The molecule has 2 aromatic heterocycles. The Labute approximate surface area is 149 Å². The highest BCUT2D eigenvalue weighted by Crippen LogP contribution is 2.40. The molecule has 1 aliphatic rings. The summed E-state index contributed by atoms with van der Waals surface area (Å²) < 4.78 is 3.75. The molecule has 1 aliphatic heterocycles. The van der Waals surface area contributed by atoms with Gasteiger partial charge in [-0.3, -0.25) is 4.79 Å². The highest BCUT2D eigenvalue weighted by atomic mass is 35.5. The van der Waals surface area contributed by atoms with Crippen molar-refractivity contribution in [3.8, 4) is 0 Å². The van der Waals surface area contributed by atoms with Crippen LogP contribution < -0.4 is 5.73 Å². The molecule has 0 radical (unpaired) electrons. The van der Waals surface area contributed by atoms with Crippen LogP contribution in [0, 0.1) is 5.41 Å². The highest BCUT2D eigenvalue weighted by Gasteiger charge is 2.35. The highest BCUT2D eigenvalue weighted by molar-refractivity contribution is 7.33. The molecule has 6 heteroatoms. The fourth-order valence-electron chi connectivity index (χ4n) is 3.12. The van der Waals surface area contributed by atoms with Crippen molar-refractivity contribution in [2.24, 2.45) is 11.1 Å². The van der Waals surface area contributed by atoms with Gasteiger partial charge in [0.1, 0.15) is 0 Å². The number of thiophene rings is 2. The monoisotopic (exact) mass is 366 g/mol. The van der Waals surface area contributed by atoms with Crippen LogP contribution in [0.2, 0.25) is 0 Å². The number of halogens is 1. The number of nitrogens with two attached hydrogens (primary N) is 1. The lowest BCUT2D eigenvalue weighted by Crippen LogP contribution is -2.34. The number of carbonyl (C=O) groups is 1. The van der Waals surface area contributed by atoms with Crippen molar-refractivity contribution >= 4 is 60.5 Å². The van der Waals surface area contributed by atoms with Crippen molar-refractivity contribution in [2.75, 3.05) is 19.6 Å². The second kappa shape index (κ2) is 6.06. The molecule has 3 heterocycles. The van der Waals surface area contributed by atoms with Crippen molar-refractivity contribution in [1.82, 2.24) is 4.90 Å². The summed E-state index contributed by atoms with van der Waals surface area (Å²) in [5, 5.41) is 1.26. The van der Waals surface area contributed by atoms with E-state index in [0.29, 0.717) is 6.54 Å². The van der Waals surface area contributed by atoms with E-state index in [1.807, 2.05) is 4.90 Å². The standard InChI is InChI=1S/C17H18N2OS2.ClH/c1-17(9-18)6-7-19(10-17)16(20)14-8-13-15(22-14)11-4-2-3-5-12(11)21-13;/h2-5,8H,6-7,9-10,18H2,1H3;1H. The van der Waals surface area contributed by atoms with Crippen molar-refractivity contribution in [2.45, 2.75) is 13.3 Å². The lowest BCUT2D eigenvalue weighted by atomic mass is 9.90. The Bertz CT molecular complexity index is 872. The van der Waals surface area contributed by atoms with Crippen LogP contribution in [0.15, 0.2) is 30.3 Å². The zero-order valence-corrected chi connectivity index (χ0v) is 15.3. The van der Waals surface area contributed by atoms with Gasteiger partial charge >= 0.3 is 0 Å². The zero-order valence-electron chi connectivity index (χ0n) is 12.9. The van der Waals surface area contributed by atoms with Gasteiger partial charge in [0.25, 0.3) is 5.91 Å². The SMILES string of the molecule is CC1(CN)CCN(C(=O)c2cc3sc4ccccc4c3s2)C1.Cl.